The summed E-state index contributed by atoms with van der Waals surface area (Å²) in [5.74, 6) is -0.839. The third kappa shape index (κ3) is 3.00. The van der Waals surface area contributed by atoms with E-state index in [4.69, 9.17) is 39.5 Å². The maximum absolute atomic E-state index is 13.3. The summed E-state index contributed by atoms with van der Waals surface area (Å²) < 4.78 is 31.2. The Labute approximate surface area is 158 Å². The molecule has 0 unspecified atom stereocenters. The van der Waals surface area contributed by atoms with Crippen molar-refractivity contribution in [3.8, 4) is 0 Å². The molecule has 1 N–H and O–H groups in total. The van der Waals surface area contributed by atoms with Gasteiger partial charge >= 0.3 is 5.97 Å². The maximum atomic E-state index is 13.3. The highest BCUT2D eigenvalue weighted by molar-refractivity contribution is 7.92. The first-order valence-corrected chi connectivity index (χ1v) is 9.47. The molecule has 0 saturated carbocycles. The van der Waals surface area contributed by atoms with Crippen LogP contribution in [0, 0.1) is 0 Å². The summed E-state index contributed by atoms with van der Waals surface area (Å²) >= 11 is 18.1. The molecule has 2 aromatic carbocycles. The van der Waals surface area contributed by atoms with E-state index in [0.717, 1.165) is 7.11 Å². The SMILES string of the molecule is COC(=O)c1[nH]c2ccc(Cl)cc2c1S(=O)(=O)c1c(Cl)cccc1Cl. The quantitative estimate of drug-likeness (QED) is 0.623. The van der Waals surface area contributed by atoms with Gasteiger partial charge in [0.05, 0.1) is 17.2 Å². The van der Waals surface area contributed by atoms with E-state index in [0.29, 0.717) is 10.5 Å². The van der Waals surface area contributed by atoms with Crippen LogP contribution in [0.15, 0.2) is 46.2 Å². The molecule has 0 bridgehead atoms. The van der Waals surface area contributed by atoms with E-state index in [1.807, 2.05) is 0 Å². The van der Waals surface area contributed by atoms with Gasteiger partial charge in [-0.3, -0.25) is 0 Å². The first kappa shape index (κ1) is 18.1. The van der Waals surface area contributed by atoms with Gasteiger partial charge in [0, 0.05) is 15.9 Å². The Hall–Kier alpha value is -1.73. The van der Waals surface area contributed by atoms with Gasteiger partial charge in [-0.25, -0.2) is 13.2 Å². The van der Waals surface area contributed by atoms with Crippen molar-refractivity contribution in [3.05, 3.63) is 57.2 Å². The van der Waals surface area contributed by atoms with Crippen LogP contribution in [-0.2, 0) is 14.6 Å². The van der Waals surface area contributed by atoms with E-state index in [9.17, 15) is 13.2 Å². The fraction of sp³-hybridized carbons (Fsp3) is 0.0625. The number of nitrogens with one attached hydrogen (secondary N) is 1. The van der Waals surface area contributed by atoms with Crippen molar-refractivity contribution in [2.45, 2.75) is 9.79 Å². The van der Waals surface area contributed by atoms with Crippen LogP contribution in [0.3, 0.4) is 0 Å². The average Bonchev–Trinajstić information content (AvgIpc) is 2.93. The minimum Gasteiger partial charge on any atom is -0.464 e. The van der Waals surface area contributed by atoms with E-state index in [2.05, 4.69) is 4.98 Å². The van der Waals surface area contributed by atoms with Gasteiger partial charge in [0.25, 0.3) is 0 Å². The molecule has 1 aromatic heterocycles. The van der Waals surface area contributed by atoms with E-state index in [1.54, 1.807) is 12.1 Å². The molecular formula is C16H10Cl3NO4S. The second-order valence-corrected chi connectivity index (χ2v) is 8.14. The van der Waals surface area contributed by atoms with E-state index < -0.39 is 15.8 Å². The summed E-state index contributed by atoms with van der Waals surface area (Å²) in [7, 11) is -3.09. The van der Waals surface area contributed by atoms with Gasteiger partial charge in [-0.1, -0.05) is 40.9 Å². The van der Waals surface area contributed by atoms with Gasteiger partial charge in [-0.05, 0) is 30.3 Å². The first-order chi connectivity index (χ1) is 11.8. The highest BCUT2D eigenvalue weighted by Crippen LogP contribution is 2.39. The number of carbonyl (C=O) groups excluding carboxylic acids is 1. The molecule has 0 spiro atoms. The highest BCUT2D eigenvalue weighted by Gasteiger charge is 2.33. The molecule has 0 radical (unpaired) electrons. The monoisotopic (exact) mass is 417 g/mol. The van der Waals surface area contributed by atoms with Crippen molar-refractivity contribution in [1.29, 1.82) is 0 Å². The summed E-state index contributed by atoms with van der Waals surface area (Å²) in [4.78, 5) is 14.3. The van der Waals surface area contributed by atoms with Gasteiger partial charge in [-0.15, -0.1) is 0 Å². The number of ether oxygens (including phenoxy) is 1. The van der Waals surface area contributed by atoms with Crippen LogP contribution in [0.2, 0.25) is 15.1 Å². The van der Waals surface area contributed by atoms with Crippen LogP contribution >= 0.6 is 34.8 Å². The molecule has 0 atom stereocenters. The van der Waals surface area contributed by atoms with Gasteiger partial charge in [0.1, 0.15) is 15.5 Å². The molecule has 5 nitrogen and oxygen atoms in total. The zero-order chi connectivity index (χ0) is 18.4. The zero-order valence-electron chi connectivity index (χ0n) is 12.6. The number of sulfone groups is 1. The Balaban J connectivity index is 2.44. The molecule has 0 fully saturated rings. The zero-order valence-corrected chi connectivity index (χ0v) is 15.7. The number of carbonyl (C=O) groups is 1. The van der Waals surface area contributed by atoms with Crippen LogP contribution in [0.25, 0.3) is 10.9 Å². The third-order valence-electron chi connectivity index (χ3n) is 3.56. The fourth-order valence-corrected chi connectivity index (χ4v) is 5.40. The van der Waals surface area contributed by atoms with Crippen molar-refractivity contribution in [2.24, 2.45) is 0 Å². The fourth-order valence-electron chi connectivity index (χ4n) is 2.51. The number of hydrogen-bond acceptors (Lipinski definition) is 4. The number of aromatic amines is 1. The minimum atomic E-state index is -4.24. The molecule has 9 heteroatoms. The number of rotatable bonds is 3. The summed E-state index contributed by atoms with van der Waals surface area (Å²) in [5, 5.41) is 0.438. The molecule has 25 heavy (non-hydrogen) atoms. The first-order valence-electron chi connectivity index (χ1n) is 6.86. The summed E-state index contributed by atoms with van der Waals surface area (Å²) in [6.45, 7) is 0. The normalized spacial score (nSPS) is 11.7. The number of aromatic nitrogens is 1. The van der Waals surface area contributed by atoms with Crippen LogP contribution < -0.4 is 0 Å². The lowest BCUT2D eigenvalue weighted by atomic mass is 10.2. The molecule has 3 aromatic rings. The Morgan fingerprint density at radius 1 is 1.04 bits per heavy atom. The lowest BCUT2D eigenvalue weighted by molar-refractivity contribution is 0.0590. The summed E-state index contributed by atoms with van der Waals surface area (Å²) in [6, 6.07) is 8.91. The molecule has 1 heterocycles. The smallest absolute Gasteiger partial charge is 0.355 e. The molecule has 3 rings (SSSR count). The van der Waals surface area contributed by atoms with Gasteiger partial charge in [0.15, 0.2) is 0 Å². The van der Waals surface area contributed by atoms with Crippen molar-refractivity contribution in [3.63, 3.8) is 0 Å². The Kier molecular flexibility index (Phi) is 4.72. The highest BCUT2D eigenvalue weighted by atomic mass is 35.5. The Bertz CT molecular complexity index is 1090. The van der Waals surface area contributed by atoms with Crippen LogP contribution in [0.5, 0.6) is 0 Å². The van der Waals surface area contributed by atoms with E-state index in [-0.39, 0.29) is 30.9 Å². The second kappa shape index (κ2) is 6.53. The number of H-pyrrole nitrogens is 1. The van der Waals surface area contributed by atoms with Gasteiger partial charge in [-0.2, -0.15) is 0 Å². The second-order valence-electron chi connectivity index (χ2n) is 5.06. The van der Waals surface area contributed by atoms with Crippen molar-refractivity contribution in [2.75, 3.05) is 7.11 Å². The van der Waals surface area contributed by atoms with Crippen LogP contribution in [-0.4, -0.2) is 26.5 Å². The largest absolute Gasteiger partial charge is 0.464 e. The van der Waals surface area contributed by atoms with E-state index in [1.165, 1.54) is 24.3 Å². The van der Waals surface area contributed by atoms with Gasteiger partial charge in [0.2, 0.25) is 9.84 Å². The van der Waals surface area contributed by atoms with Crippen LogP contribution in [0.4, 0.5) is 0 Å². The summed E-state index contributed by atoms with van der Waals surface area (Å²) in [5.41, 5.74) is 0.183. The Morgan fingerprint density at radius 2 is 1.68 bits per heavy atom. The molecule has 0 aliphatic carbocycles. The topological polar surface area (TPSA) is 76.2 Å². The van der Waals surface area contributed by atoms with Crippen molar-refractivity contribution >= 4 is 61.5 Å². The molecule has 0 aliphatic rings. The maximum Gasteiger partial charge on any atom is 0.355 e. The molecule has 0 amide bonds. The minimum absolute atomic E-state index is 0.0558. The number of benzene rings is 2. The molecular weight excluding hydrogens is 409 g/mol. The number of hydrogen-bond donors (Lipinski definition) is 1. The number of halogens is 3. The standard InChI is InChI=1S/C16H10Cl3NO4S/c1-24-16(21)13-14(9-7-8(17)5-6-12(9)20-13)25(22,23)15-10(18)3-2-4-11(15)19/h2-7,20H,1H3. The van der Waals surface area contributed by atoms with E-state index >= 15 is 0 Å². The predicted octanol–water partition coefficient (Wildman–Crippen LogP) is 4.75. The van der Waals surface area contributed by atoms with Crippen molar-refractivity contribution < 1.29 is 17.9 Å². The molecule has 130 valence electrons. The lowest BCUT2D eigenvalue weighted by Crippen LogP contribution is -2.11. The van der Waals surface area contributed by atoms with Crippen molar-refractivity contribution in [1.82, 2.24) is 4.98 Å². The lowest BCUT2D eigenvalue weighted by Gasteiger charge is -2.09. The number of methoxy groups -OCH3 is 1. The van der Waals surface area contributed by atoms with Crippen LogP contribution in [0.1, 0.15) is 10.5 Å². The van der Waals surface area contributed by atoms with Gasteiger partial charge < -0.3 is 9.72 Å². The number of esters is 1. The molecule has 0 aliphatic heterocycles. The third-order valence-corrected chi connectivity index (χ3v) is 6.59. The predicted molar refractivity (Wildman–Crippen MR) is 96.6 cm³/mol. The number of fused-ring (bicyclic) bond motifs is 1. The molecule has 0 saturated heterocycles. The average molecular weight is 419 g/mol. The Morgan fingerprint density at radius 3 is 2.28 bits per heavy atom. The summed E-state index contributed by atoms with van der Waals surface area (Å²) in [6.07, 6.45) is 0.